The predicted octanol–water partition coefficient (Wildman–Crippen LogP) is 1.94. The van der Waals surface area contributed by atoms with E-state index in [-0.39, 0.29) is 18.1 Å². The van der Waals surface area contributed by atoms with Gasteiger partial charge in [-0.2, -0.15) is 5.26 Å². The summed E-state index contributed by atoms with van der Waals surface area (Å²) in [6.07, 6.45) is 4.97. The summed E-state index contributed by atoms with van der Waals surface area (Å²) < 4.78 is 7.74. The minimum Gasteiger partial charge on any atom is -0.372 e. The van der Waals surface area contributed by atoms with Gasteiger partial charge in [0.25, 0.3) is 5.91 Å². The molecule has 0 radical (unpaired) electrons. The largest absolute Gasteiger partial charge is 0.372 e. The number of nitrogens with one attached hydrogen (secondary N) is 1. The third kappa shape index (κ3) is 3.41. The number of benzene rings is 1. The van der Waals surface area contributed by atoms with Crippen LogP contribution in [0.5, 0.6) is 0 Å². The molecule has 6 nitrogen and oxygen atoms in total. The van der Waals surface area contributed by atoms with Crippen LogP contribution in [0.3, 0.4) is 0 Å². The zero-order chi connectivity index (χ0) is 16.2. The number of carbonyl (C=O) groups is 1. The Balaban J connectivity index is 1.66. The maximum absolute atomic E-state index is 12.4. The molecule has 1 amide bonds. The molecule has 118 valence electrons. The van der Waals surface area contributed by atoms with Crippen LogP contribution in [0.4, 0.5) is 0 Å². The van der Waals surface area contributed by atoms with Crippen LogP contribution in [-0.2, 0) is 11.8 Å². The van der Waals surface area contributed by atoms with Gasteiger partial charge in [0, 0.05) is 25.3 Å². The number of hydrogen-bond donors (Lipinski definition) is 1. The van der Waals surface area contributed by atoms with Crippen molar-refractivity contribution in [1.82, 2.24) is 14.9 Å². The van der Waals surface area contributed by atoms with Crippen LogP contribution in [0.2, 0.25) is 0 Å². The van der Waals surface area contributed by atoms with E-state index in [1.807, 2.05) is 17.7 Å². The average molecular weight is 310 g/mol. The fourth-order valence-electron chi connectivity index (χ4n) is 2.81. The molecule has 1 aromatic heterocycles. The monoisotopic (exact) mass is 310 g/mol. The Morgan fingerprint density at radius 2 is 2.39 bits per heavy atom. The number of ether oxygens (including phenoxy) is 1. The molecular weight excluding hydrogens is 292 g/mol. The lowest BCUT2D eigenvalue weighted by atomic mass is 10.0. The summed E-state index contributed by atoms with van der Waals surface area (Å²) in [5.41, 5.74) is 2.00. The number of nitriles is 1. The topological polar surface area (TPSA) is 79.9 Å². The molecule has 3 rings (SSSR count). The van der Waals surface area contributed by atoms with E-state index >= 15 is 0 Å². The van der Waals surface area contributed by atoms with Crippen molar-refractivity contribution in [1.29, 1.82) is 5.26 Å². The van der Waals surface area contributed by atoms with Crippen LogP contribution in [0, 0.1) is 11.3 Å². The Hall–Kier alpha value is -2.65. The first-order chi connectivity index (χ1) is 11.2. The summed E-state index contributed by atoms with van der Waals surface area (Å²) in [7, 11) is 1.93. The summed E-state index contributed by atoms with van der Waals surface area (Å²) in [5.74, 6) is -0.155. The third-order valence-corrected chi connectivity index (χ3v) is 4.06. The van der Waals surface area contributed by atoms with Gasteiger partial charge in [0.1, 0.15) is 6.10 Å². The van der Waals surface area contributed by atoms with Gasteiger partial charge in [-0.3, -0.25) is 4.79 Å². The van der Waals surface area contributed by atoms with Crippen LogP contribution in [-0.4, -0.2) is 28.1 Å². The molecule has 2 atom stereocenters. The molecule has 0 saturated carbocycles. The molecule has 2 heterocycles. The number of amides is 1. The number of aryl methyl sites for hydroxylation is 1. The second kappa shape index (κ2) is 6.63. The molecule has 0 aliphatic carbocycles. The number of imidazole rings is 1. The van der Waals surface area contributed by atoms with Gasteiger partial charge in [-0.05, 0) is 31.0 Å². The summed E-state index contributed by atoms with van der Waals surface area (Å²) in [6.45, 7) is 0.596. The highest BCUT2D eigenvalue weighted by atomic mass is 16.5. The maximum Gasteiger partial charge on any atom is 0.251 e. The van der Waals surface area contributed by atoms with Gasteiger partial charge in [-0.25, -0.2) is 4.98 Å². The standard InChI is InChI=1S/C17H18N4O2/c1-21-11-19-10-15(21)16-8-14(5-6-23-16)20-17(22)13-4-2-3-12(7-13)9-18/h2-4,7,10-11,14,16H,5-6,8H2,1H3,(H,20,22)/t14-,16-/m1/s1. The van der Waals surface area contributed by atoms with Gasteiger partial charge in [0.2, 0.25) is 0 Å². The van der Waals surface area contributed by atoms with E-state index in [2.05, 4.69) is 10.3 Å². The van der Waals surface area contributed by atoms with Gasteiger partial charge in [-0.1, -0.05) is 6.07 Å². The lowest BCUT2D eigenvalue weighted by Crippen LogP contribution is -2.40. The van der Waals surface area contributed by atoms with Crippen LogP contribution in [0.25, 0.3) is 0 Å². The van der Waals surface area contributed by atoms with Crippen molar-refractivity contribution in [3.05, 3.63) is 53.6 Å². The number of hydrogen-bond acceptors (Lipinski definition) is 4. The van der Waals surface area contributed by atoms with Crippen LogP contribution in [0.15, 0.2) is 36.8 Å². The quantitative estimate of drug-likeness (QED) is 0.939. The Bertz CT molecular complexity index is 747. The second-order valence-corrected chi connectivity index (χ2v) is 5.68. The lowest BCUT2D eigenvalue weighted by Gasteiger charge is -2.30. The zero-order valence-electron chi connectivity index (χ0n) is 12.9. The number of carbonyl (C=O) groups excluding carboxylic acids is 1. The van der Waals surface area contributed by atoms with Gasteiger partial charge < -0.3 is 14.6 Å². The molecule has 1 aliphatic rings. The van der Waals surface area contributed by atoms with Gasteiger partial charge in [0.15, 0.2) is 0 Å². The molecule has 0 unspecified atom stereocenters. The summed E-state index contributed by atoms with van der Waals surface area (Å²) in [6, 6.07) is 8.81. The van der Waals surface area contributed by atoms with Crippen molar-refractivity contribution in [2.45, 2.75) is 25.0 Å². The van der Waals surface area contributed by atoms with Crippen molar-refractivity contribution in [3.8, 4) is 6.07 Å². The Morgan fingerprint density at radius 3 is 3.13 bits per heavy atom. The predicted molar refractivity (Wildman–Crippen MR) is 83.5 cm³/mol. The van der Waals surface area contributed by atoms with E-state index in [9.17, 15) is 4.79 Å². The first-order valence-electron chi connectivity index (χ1n) is 7.56. The van der Waals surface area contributed by atoms with Gasteiger partial charge >= 0.3 is 0 Å². The van der Waals surface area contributed by atoms with Crippen molar-refractivity contribution in [3.63, 3.8) is 0 Å². The normalized spacial score (nSPS) is 20.7. The minimum absolute atomic E-state index is 0.0434. The lowest BCUT2D eigenvalue weighted by molar-refractivity contribution is -0.00301. The van der Waals surface area contributed by atoms with E-state index in [4.69, 9.17) is 10.00 Å². The average Bonchev–Trinajstić information content (AvgIpc) is 3.01. The minimum atomic E-state index is -0.155. The van der Waals surface area contributed by atoms with Crippen LogP contribution < -0.4 is 5.32 Å². The fourth-order valence-corrected chi connectivity index (χ4v) is 2.81. The SMILES string of the molecule is Cn1cncc1[C@H]1C[C@H](NC(=O)c2cccc(C#N)c2)CCO1. The first-order valence-corrected chi connectivity index (χ1v) is 7.56. The molecule has 6 heteroatoms. The fraction of sp³-hybridized carbons (Fsp3) is 0.353. The van der Waals surface area contributed by atoms with Crippen LogP contribution in [0.1, 0.15) is 40.6 Å². The highest BCUT2D eigenvalue weighted by Gasteiger charge is 2.27. The molecule has 1 saturated heterocycles. The highest BCUT2D eigenvalue weighted by Crippen LogP contribution is 2.27. The van der Waals surface area contributed by atoms with E-state index in [0.29, 0.717) is 24.2 Å². The van der Waals surface area contributed by atoms with E-state index in [1.54, 1.807) is 36.8 Å². The van der Waals surface area contributed by atoms with Gasteiger partial charge in [-0.15, -0.1) is 0 Å². The Morgan fingerprint density at radius 1 is 1.52 bits per heavy atom. The first kappa shape index (κ1) is 15.3. The summed E-state index contributed by atoms with van der Waals surface area (Å²) in [5, 5.41) is 12.0. The maximum atomic E-state index is 12.4. The number of nitrogens with zero attached hydrogens (tertiary/aromatic N) is 3. The van der Waals surface area contributed by atoms with Crippen molar-refractivity contribution in [2.75, 3.05) is 6.61 Å². The molecule has 2 aromatic rings. The van der Waals surface area contributed by atoms with Crippen molar-refractivity contribution in [2.24, 2.45) is 7.05 Å². The molecule has 1 aliphatic heterocycles. The smallest absolute Gasteiger partial charge is 0.251 e. The Kier molecular flexibility index (Phi) is 4.40. The summed E-state index contributed by atoms with van der Waals surface area (Å²) in [4.78, 5) is 16.5. The molecule has 0 bridgehead atoms. The molecule has 1 N–H and O–H groups in total. The number of rotatable bonds is 3. The van der Waals surface area contributed by atoms with Crippen molar-refractivity contribution >= 4 is 5.91 Å². The highest BCUT2D eigenvalue weighted by molar-refractivity contribution is 5.94. The van der Waals surface area contributed by atoms with E-state index in [1.165, 1.54) is 0 Å². The third-order valence-electron chi connectivity index (χ3n) is 4.06. The van der Waals surface area contributed by atoms with Crippen LogP contribution >= 0.6 is 0 Å². The Labute approximate surface area is 134 Å². The zero-order valence-corrected chi connectivity index (χ0v) is 12.9. The molecular formula is C17H18N4O2. The van der Waals surface area contributed by atoms with E-state index < -0.39 is 0 Å². The second-order valence-electron chi connectivity index (χ2n) is 5.68. The van der Waals surface area contributed by atoms with E-state index in [0.717, 1.165) is 12.1 Å². The molecule has 0 spiro atoms. The van der Waals surface area contributed by atoms with Gasteiger partial charge in [0.05, 0.1) is 29.9 Å². The molecule has 1 fully saturated rings. The molecule has 23 heavy (non-hydrogen) atoms. The van der Waals surface area contributed by atoms with Crippen molar-refractivity contribution < 1.29 is 9.53 Å². The summed E-state index contributed by atoms with van der Waals surface area (Å²) >= 11 is 0. The number of aromatic nitrogens is 2. The molecule has 1 aromatic carbocycles.